The molecule has 0 aliphatic carbocycles. The van der Waals surface area contributed by atoms with Crippen LogP contribution in [0.2, 0.25) is 0 Å². The fourth-order valence-electron chi connectivity index (χ4n) is 5.20. The van der Waals surface area contributed by atoms with Gasteiger partial charge < -0.3 is 0 Å². The van der Waals surface area contributed by atoms with E-state index < -0.39 is 0 Å². The zero-order chi connectivity index (χ0) is 33.3. The number of rotatable bonds is 9. The van der Waals surface area contributed by atoms with Crippen molar-refractivity contribution in [3.05, 3.63) is 203 Å². The summed E-state index contributed by atoms with van der Waals surface area (Å²) in [4.78, 5) is 9.26. The number of benzene rings is 6. The van der Waals surface area contributed by atoms with Gasteiger partial charge >= 0.3 is 0 Å². The molecule has 230 valence electrons. The van der Waals surface area contributed by atoms with Crippen molar-refractivity contribution in [1.82, 2.24) is 0 Å². The average molecular weight is 621 g/mol. The molecule has 6 aromatic carbocycles. The fourth-order valence-corrected chi connectivity index (χ4v) is 5.20. The van der Waals surface area contributed by atoms with E-state index in [0.29, 0.717) is 22.6 Å². The second-order valence-corrected chi connectivity index (χ2v) is 11.0. The van der Waals surface area contributed by atoms with Gasteiger partial charge in [0.2, 0.25) is 0 Å². The predicted octanol–water partition coefficient (Wildman–Crippen LogP) is 9.12. The van der Waals surface area contributed by atoms with E-state index in [1.165, 1.54) is 0 Å². The Morgan fingerprint density at radius 1 is 0.292 bits per heavy atom. The van der Waals surface area contributed by atoms with E-state index in [4.69, 9.17) is 21.6 Å². The molecule has 0 radical (unpaired) electrons. The van der Waals surface area contributed by atoms with Crippen molar-refractivity contribution >= 4 is 34.5 Å². The van der Waals surface area contributed by atoms with Gasteiger partial charge in [0.1, 0.15) is 0 Å². The molecule has 6 heteroatoms. The quantitative estimate of drug-likeness (QED) is 0.0911. The van der Waals surface area contributed by atoms with E-state index in [1.807, 2.05) is 170 Å². The Hall–Kier alpha value is -6.66. The molecule has 0 atom stereocenters. The van der Waals surface area contributed by atoms with Crippen LogP contribution in [0.5, 0.6) is 0 Å². The molecule has 0 saturated heterocycles. The Bertz CT molecular complexity index is 1980. The highest BCUT2D eigenvalue weighted by molar-refractivity contribution is 6.54. The highest BCUT2D eigenvalue weighted by Crippen LogP contribution is 2.22. The Morgan fingerprint density at radius 3 is 0.854 bits per heavy atom. The van der Waals surface area contributed by atoms with E-state index in [1.54, 1.807) is 0 Å². The van der Waals surface area contributed by atoms with Crippen molar-refractivity contribution in [3.63, 3.8) is 0 Å². The van der Waals surface area contributed by atoms with E-state index in [2.05, 4.69) is 9.98 Å². The van der Waals surface area contributed by atoms with Gasteiger partial charge in [0.15, 0.2) is 11.7 Å². The first kappa shape index (κ1) is 31.3. The molecule has 6 rings (SSSR count). The summed E-state index contributed by atoms with van der Waals surface area (Å²) < 4.78 is 0. The summed E-state index contributed by atoms with van der Waals surface area (Å²) in [5.41, 5.74) is 7.57. The standard InChI is InChI=1S/C42H32N6/c43-37(31-13-5-1-6-14-31)39(33-17-9-3-10-18-33)47-41(45)35-25-21-29(22-26-35)30-23-27-36(28-24-30)42(46)48-40(34-19-11-4-12-20-34)38(44)32-15-7-2-8-16-32/h1-28,43-46H. The minimum Gasteiger partial charge on any atom is -0.298 e. The minimum atomic E-state index is 0.0676. The minimum absolute atomic E-state index is 0.0676. The van der Waals surface area contributed by atoms with Crippen LogP contribution in [-0.2, 0) is 0 Å². The largest absolute Gasteiger partial charge is 0.298 e. The maximum absolute atomic E-state index is 8.85. The maximum Gasteiger partial charge on any atom is 0.152 e. The van der Waals surface area contributed by atoms with Gasteiger partial charge in [-0.3, -0.25) is 21.6 Å². The van der Waals surface area contributed by atoms with Gasteiger partial charge in [-0.1, -0.05) is 170 Å². The first-order valence-electron chi connectivity index (χ1n) is 15.4. The lowest BCUT2D eigenvalue weighted by Crippen LogP contribution is -2.18. The highest BCUT2D eigenvalue weighted by atomic mass is 14.9. The molecule has 6 aromatic rings. The van der Waals surface area contributed by atoms with Gasteiger partial charge in [-0.05, 0) is 11.1 Å². The summed E-state index contributed by atoms with van der Waals surface area (Å²) in [7, 11) is 0. The predicted molar refractivity (Wildman–Crippen MR) is 198 cm³/mol. The molecular weight excluding hydrogens is 589 g/mol. The average Bonchev–Trinajstić information content (AvgIpc) is 3.17. The van der Waals surface area contributed by atoms with E-state index in [9.17, 15) is 0 Å². The van der Waals surface area contributed by atoms with Gasteiger partial charge in [0, 0.05) is 33.4 Å². The van der Waals surface area contributed by atoms with Crippen LogP contribution in [0.4, 0.5) is 0 Å². The first-order chi connectivity index (χ1) is 23.5. The van der Waals surface area contributed by atoms with Crippen LogP contribution in [0.3, 0.4) is 0 Å². The molecule has 4 N–H and O–H groups in total. The van der Waals surface area contributed by atoms with Crippen LogP contribution in [0.25, 0.3) is 11.1 Å². The van der Waals surface area contributed by atoms with E-state index in [0.717, 1.165) is 33.4 Å². The lowest BCUT2D eigenvalue weighted by atomic mass is 9.99. The van der Waals surface area contributed by atoms with E-state index in [-0.39, 0.29) is 23.1 Å². The van der Waals surface area contributed by atoms with Crippen molar-refractivity contribution in [2.45, 2.75) is 0 Å². The Labute approximate surface area is 279 Å². The van der Waals surface area contributed by atoms with Gasteiger partial charge in [0.25, 0.3) is 0 Å². The molecule has 0 aromatic heterocycles. The molecule has 0 fully saturated rings. The topological polar surface area (TPSA) is 120 Å². The third kappa shape index (κ3) is 7.25. The van der Waals surface area contributed by atoms with Crippen molar-refractivity contribution in [2.75, 3.05) is 0 Å². The van der Waals surface area contributed by atoms with Gasteiger partial charge in [-0.25, -0.2) is 9.98 Å². The highest BCUT2D eigenvalue weighted by Gasteiger charge is 2.16. The normalized spacial score (nSPS) is 11.5. The zero-order valence-electron chi connectivity index (χ0n) is 26.1. The third-order valence-corrected chi connectivity index (χ3v) is 7.79. The van der Waals surface area contributed by atoms with Crippen LogP contribution in [-0.4, -0.2) is 34.5 Å². The summed E-state index contributed by atoms with van der Waals surface area (Å²) in [6.07, 6.45) is 0. The molecule has 48 heavy (non-hydrogen) atoms. The Balaban J connectivity index is 1.22. The number of hydrogen-bond acceptors (Lipinski definition) is 4. The van der Waals surface area contributed by atoms with Crippen LogP contribution in [0.1, 0.15) is 33.4 Å². The van der Waals surface area contributed by atoms with Crippen molar-refractivity contribution in [3.8, 4) is 11.1 Å². The van der Waals surface area contributed by atoms with Crippen molar-refractivity contribution in [1.29, 1.82) is 21.6 Å². The van der Waals surface area contributed by atoms with E-state index >= 15 is 0 Å². The van der Waals surface area contributed by atoms with Gasteiger partial charge in [0.05, 0.1) is 22.8 Å². The SMILES string of the molecule is N=C(N=C(C(=N)c1ccccc1)c1ccccc1)c1ccc(-c2ccc(C(=N)N=C(C(=N)c3ccccc3)c3ccccc3)cc2)cc1. The second-order valence-electron chi connectivity index (χ2n) is 11.0. The molecule has 0 heterocycles. The summed E-state index contributed by atoms with van der Waals surface area (Å²) >= 11 is 0. The summed E-state index contributed by atoms with van der Waals surface area (Å²) in [5, 5.41) is 35.3. The van der Waals surface area contributed by atoms with Crippen LogP contribution >= 0.6 is 0 Å². The van der Waals surface area contributed by atoms with Crippen LogP contribution in [0, 0.1) is 21.6 Å². The third-order valence-electron chi connectivity index (χ3n) is 7.79. The molecule has 6 nitrogen and oxygen atoms in total. The number of nitrogens with one attached hydrogen (secondary N) is 4. The maximum atomic E-state index is 8.85. The molecule has 0 amide bonds. The van der Waals surface area contributed by atoms with Crippen molar-refractivity contribution < 1.29 is 0 Å². The Kier molecular flexibility index (Phi) is 9.54. The smallest absolute Gasteiger partial charge is 0.152 e. The zero-order valence-corrected chi connectivity index (χ0v) is 26.1. The molecule has 0 unspecified atom stereocenters. The summed E-state index contributed by atoms with van der Waals surface area (Å²) in [5.74, 6) is 0.135. The number of nitrogens with zero attached hydrogens (tertiary/aromatic N) is 2. The molecular formula is C42H32N6. The first-order valence-corrected chi connectivity index (χ1v) is 15.4. The molecule has 0 spiro atoms. The monoisotopic (exact) mass is 620 g/mol. The fraction of sp³-hybridized carbons (Fsp3) is 0. The van der Waals surface area contributed by atoms with Crippen LogP contribution in [0.15, 0.2) is 180 Å². The number of hydrogen-bond donors (Lipinski definition) is 4. The van der Waals surface area contributed by atoms with Crippen molar-refractivity contribution in [2.24, 2.45) is 9.98 Å². The molecule has 0 saturated carbocycles. The van der Waals surface area contributed by atoms with Crippen LogP contribution < -0.4 is 0 Å². The summed E-state index contributed by atoms with van der Waals surface area (Å²) in [6.45, 7) is 0. The number of amidine groups is 2. The number of aliphatic imine (C=N–C) groups is 2. The molecule has 0 aliphatic heterocycles. The lowest BCUT2D eigenvalue weighted by molar-refractivity contribution is 1.40. The Morgan fingerprint density at radius 2 is 0.562 bits per heavy atom. The van der Waals surface area contributed by atoms with Gasteiger partial charge in [-0.2, -0.15) is 0 Å². The summed E-state index contributed by atoms with van der Waals surface area (Å²) in [6, 6.07) is 53.1. The molecule has 0 bridgehead atoms. The molecule has 0 aliphatic rings. The lowest BCUT2D eigenvalue weighted by Gasteiger charge is -2.11. The van der Waals surface area contributed by atoms with Gasteiger partial charge in [-0.15, -0.1) is 0 Å². The second kappa shape index (κ2) is 14.6.